The van der Waals surface area contributed by atoms with Crippen molar-refractivity contribution in [3.05, 3.63) is 52.7 Å². The molecule has 0 unspecified atom stereocenters. The Bertz CT molecular complexity index is 666. The molecular weight excluding hydrogens is 260 g/mol. The Morgan fingerprint density at radius 2 is 1.86 bits per heavy atom. The first-order valence-electron chi connectivity index (χ1n) is 6.89. The van der Waals surface area contributed by atoms with Crippen LogP contribution in [0.15, 0.2) is 30.3 Å². The van der Waals surface area contributed by atoms with E-state index in [4.69, 9.17) is 0 Å². The lowest BCUT2D eigenvalue weighted by atomic mass is 10.1. The van der Waals surface area contributed by atoms with E-state index in [9.17, 15) is 5.26 Å². The van der Waals surface area contributed by atoms with Crippen molar-refractivity contribution in [1.82, 2.24) is 4.98 Å². The minimum Gasteiger partial charge on any atom is -0.378 e. The van der Waals surface area contributed by atoms with E-state index in [1.54, 1.807) is 0 Å². The molecule has 21 heavy (non-hydrogen) atoms. The lowest BCUT2D eigenvalue weighted by Crippen LogP contribution is -2.09. The van der Waals surface area contributed by atoms with Gasteiger partial charge in [-0.2, -0.15) is 5.26 Å². The Morgan fingerprint density at radius 1 is 1.19 bits per heavy atom. The molecule has 0 spiro atoms. The second kappa shape index (κ2) is 6.27. The summed E-state index contributed by atoms with van der Waals surface area (Å²) < 4.78 is 0. The average Bonchev–Trinajstić information content (AvgIpc) is 2.45. The minimum atomic E-state index is 0.616. The fourth-order valence-electron chi connectivity index (χ4n) is 2.20. The first-order chi connectivity index (χ1) is 10.0. The van der Waals surface area contributed by atoms with E-state index in [2.05, 4.69) is 45.5 Å². The normalized spacial score (nSPS) is 10.0. The van der Waals surface area contributed by atoms with Crippen LogP contribution in [0, 0.1) is 25.2 Å². The lowest BCUT2D eigenvalue weighted by molar-refractivity contribution is 1.07. The average molecular weight is 280 g/mol. The summed E-state index contributed by atoms with van der Waals surface area (Å²) in [5.41, 5.74) is 4.81. The van der Waals surface area contributed by atoms with Crippen molar-refractivity contribution in [1.29, 1.82) is 5.26 Å². The number of pyridine rings is 1. The summed E-state index contributed by atoms with van der Waals surface area (Å²) in [5.74, 6) is 0.659. The second-order valence-corrected chi connectivity index (χ2v) is 5.33. The van der Waals surface area contributed by atoms with Crippen LogP contribution >= 0.6 is 0 Å². The zero-order chi connectivity index (χ0) is 15.4. The van der Waals surface area contributed by atoms with E-state index in [1.165, 1.54) is 5.69 Å². The van der Waals surface area contributed by atoms with Crippen LogP contribution in [0.5, 0.6) is 0 Å². The van der Waals surface area contributed by atoms with Crippen LogP contribution in [0.25, 0.3) is 0 Å². The van der Waals surface area contributed by atoms with Gasteiger partial charge in [0.1, 0.15) is 11.9 Å². The van der Waals surface area contributed by atoms with Gasteiger partial charge in [0.05, 0.1) is 5.56 Å². The molecular formula is C17H20N4. The van der Waals surface area contributed by atoms with Gasteiger partial charge in [0, 0.05) is 32.0 Å². The minimum absolute atomic E-state index is 0.616. The van der Waals surface area contributed by atoms with E-state index < -0.39 is 0 Å². The molecule has 1 heterocycles. The van der Waals surface area contributed by atoms with Gasteiger partial charge >= 0.3 is 0 Å². The van der Waals surface area contributed by atoms with Gasteiger partial charge in [-0.05, 0) is 43.2 Å². The molecule has 2 aromatic rings. The third-order valence-corrected chi connectivity index (χ3v) is 3.37. The third kappa shape index (κ3) is 3.51. The van der Waals surface area contributed by atoms with Crippen molar-refractivity contribution in [2.45, 2.75) is 20.4 Å². The lowest BCUT2D eigenvalue weighted by Gasteiger charge is -2.14. The van der Waals surface area contributed by atoms with Gasteiger partial charge in [-0.15, -0.1) is 0 Å². The van der Waals surface area contributed by atoms with Crippen molar-refractivity contribution in [3.63, 3.8) is 0 Å². The molecule has 1 aromatic heterocycles. The highest BCUT2D eigenvalue weighted by Gasteiger charge is 2.08. The van der Waals surface area contributed by atoms with Crippen LogP contribution in [0.4, 0.5) is 11.5 Å². The number of benzene rings is 1. The largest absolute Gasteiger partial charge is 0.378 e. The molecule has 0 radical (unpaired) electrons. The Balaban J connectivity index is 2.15. The van der Waals surface area contributed by atoms with Gasteiger partial charge < -0.3 is 10.2 Å². The van der Waals surface area contributed by atoms with Crippen molar-refractivity contribution in [2.75, 3.05) is 24.3 Å². The molecule has 0 aliphatic rings. The first kappa shape index (κ1) is 14.9. The predicted octanol–water partition coefficient (Wildman–Crippen LogP) is 3.25. The smallest absolute Gasteiger partial charge is 0.144 e. The van der Waals surface area contributed by atoms with E-state index in [0.29, 0.717) is 17.9 Å². The van der Waals surface area contributed by atoms with E-state index in [-0.39, 0.29) is 0 Å². The molecule has 108 valence electrons. The molecule has 0 saturated heterocycles. The number of anilines is 2. The van der Waals surface area contributed by atoms with Crippen LogP contribution in [0.3, 0.4) is 0 Å². The fraction of sp³-hybridized carbons (Fsp3) is 0.294. The number of nitrogens with one attached hydrogen (secondary N) is 1. The van der Waals surface area contributed by atoms with Gasteiger partial charge in [0.15, 0.2) is 0 Å². The summed E-state index contributed by atoms with van der Waals surface area (Å²) in [6.45, 7) is 4.52. The van der Waals surface area contributed by atoms with Gasteiger partial charge in [-0.1, -0.05) is 12.1 Å². The summed E-state index contributed by atoms with van der Waals surface area (Å²) in [5, 5.41) is 12.5. The molecule has 0 saturated carbocycles. The van der Waals surface area contributed by atoms with Gasteiger partial charge in [-0.25, -0.2) is 4.98 Å². The Labute approximate surface area is 126 Å². The molecule has 4 nitrogen and oxygen atoms in total. The maximum atomic E-state index is 9.25. The summed E-state index contributed by atoms with van der Waals surface area (Å²) in [6.07, 6.45) is 0. The number of nitriles is 1. The number of hydrogen-bond donors (Lipinski definition) is 1. The molecule has 0 fully saturated rings. The molecule has 0 aliphatic heterocycles. The first-order valence-corrected chi connectivity index (χ1v) is 6.89. The Kier molecular flexibility index (Phi) is 4.44. The SMILES string of the molecule is Cc1cc(C)c(C#N)c(NCc2ccc(N(C)C)cc2)n1. The van der Waals surface area contributed by atoms with Crippen molar-refractivity contribution in [3.8, 4) is 6.07 Å². The molecule has 0 aliphatic carbocycles. The summed E-state index contributed by atoms with van der Waals surface area (Å²) in [7, 11) is 4.04. The number of nitrogens with zero attached hydrogens (tertiary/aromatic N) is 3. The van der Waals surface area contributed by atoms with Gasteiger partial charge in [0.2, 0.25) is 0 Å². The molecule has 2 rings (SSSR count). The Hall–Kier alpha value is -2.54. The number of hydrogen-bond acceptors (Lipinski definition) is 4. The van der Waals surface area contributed by atoms with Crippen molar-refractivity contribution < 1.29 is 0 Å². The van der Waals surface area contributed by atoms with Crippen molar-refractivity contribution >= 4 is 11.5 Å². The topological polar surface area (TPSA) is 52.0 Å². The third-order valence-electron chi connectivity index (χ3n) is 3.37. The Morgan fingerprint density at radius 3 is 2.43 bits per heavy atom. The number of aromatic nitrogens is 1. The van der Waals surface area contributed by atoms with Crippen LogP contribution in [0.2, 0.25) is 0 Å². The highest BCUT2D eigenvalue weighted by molar-refractivity contribution is 5.56. The summed E-state index contributed by atoms with van der Waals surface area (Å²) >= 11 is 0. The van der Waals surface area contributed by atoms with E-state index >= 15 is 0 Å². The maximum Gasteiger partial charge on any atom is 0.144 e. The number of aryl methyl sites for hydroxylation is 2. The van der Waals surface area contributed by atoms with Crippen LogP contribution in [-0.2, 0) is 6.54 Å². The molecule has 0 bridgehead atoms. The zero-order valence-electron chi connectivity index (χ0n) is 12.9. The van der Waals surface area contributed by atoms with Gasteiger partial charge in [0.25, 0.3) is 0 Å². The van der Waals surface area contributed by atoms with Crippen LogP contribution < -0.4 is 10.2 Å². The molecule has 4 heteroatoms. The fourth-order valence-corrected chi connectivity index (χ4v) is 2.20. The molecule has 0 amide bonds. The summed E-state index contributed by atoms with van der Waals surface area (Å²) in [4.78, 5) is 6.49. The molecule has 1 N–H and O–H groups in total. The standard InChI is InChI=1S/C17H20N4/c1-12-9-13(2)20-17(16(12)10-18)19-11-14-5-7-15(8-6-14)21(3)4/h5-9H,11H2,1-4H3,(H,19,20). The van der Waals surface area contributed by atoms with Gasteiger partial charge in [-0.3, -0.25) is 0 Å². The maximum absolute atomic E-state index is 9.25. The van der Waals surface area contributed by atoms with Crippen molar-refractivity contribution in [2.24, 2.45) is 0 Å². The highest BCUT2D eigenvalue weighted by Crippen LogP contribution is 2.19. The van der Waals surface area contributed by atoms with E-state index in [0.717, 1.165) is 16.8 Å². The molecule has 1 aromatic carbocycles. The predicted molar refractivity (Wildman–Crippen MR) is 86.5 cm³/mol. The summed E-state index contributed by atoms with van der Waals surface area (Å²) in [6, 6.07) is 12.5. The number of rotatable bonds is 4. The van der Waals surface area contributed by atoms with Crippen LogP contribution in [-0.4, -0.2) is 19.1 Å². The highest BCUT2D eigenvalue weighted by atomic mass is 15.1. The second-order valence-electron chi connectivity index (χ2n) is 5.33. The zero-order valence-corrected chi connectivity index (χ0v) is 12.9. The van der Waals surface area contributed by atoms with E-state index in [1.807, 2.05) is 34.0 Å². The molecule has 0 atom stereocenters. The quantitative estimate of drug-likeness (QED) is 0.934. The monoisotopic (exact) mass is 280 g/mol. The van der Waals surface area contributed by atoms with Crippen LogP contribution in [0.1, 0.15) is 22.4 Å².